The predicted octanol–water partition coefficient (Wildman–Crippen LogP) is -0.114. The fourth-order valence-electron chi connectivity index (χ4n) is 3.35. The number of piperazine rings is 1. The number of rotatable bonds is 5. The van der Waals surface area contributed by atoms with E-state index in [9.17, 15) is 9.59 Å². The van der Waals surface area contributed by atoms with Crippen molar-refractivity contribution >= 4 is 11.8 Å². The minimum absolute atomic E-state index is 0.0569. The summed E-state index contributed by atoms with van der Waals surface area (Å²) in [5.41, 5.74) is 0.947. The van der Waals surface area contributed by atoms with Crippen LogP contribution in [-0.4, -0.2) is 72.1 Å². The maximum absolute atomic E-state index is 12.2. The zero-order valence-corrected chi connectivity index (χ0v) is 14.8. The van der Waals surface area contributed by atoms with E-state index in [4.69, 9.17) is 4.52 Å². The van der Waals surface area contributed by atoms with Crippen molar-refractivity contribution in [1.29, 1.82) is 0 Å². The van der Waals surface area contributed by atoms with Gasteiger partial charge < -0.3 is 15.2 Å². The van der Waals surface area contributed by atoms with Gasteiger partial charge in [-0.3, -0.25) is 19.4 Å². The Morgan fingerprint density at radius 2 is 2.08 bits per heavy atom. The number of hydrogen-bond acceptors (Lipinski definition) is 6. The Balaban J connectivity index is 1.39. The molecule has 2 fully saturated rings. The van der Waals surface area contributed by atoms with Gasteiger partial charge in [-0.05, 0) is 26.2 Å². The summed E-state index contributed by atoms with van der Waals surface area (Å²) >= 11 is 0. The van der Waals surface area contributed by atoms with Crippen molar-refractivity contribution in [2.75, 3.05) is 39.3 Å². The third kappa shape index (κ3) is 5.27. The zero-order valence-electron chi connectivity index (χ0n) is 14.8. The van der Waals surface area contributed by atoms with Crippen LogP contribution < -0.4 is 10.6 Å². The van der Waals surface area contributed by atoms with Gasteiger partial charge in [-0.2, -0.15) is 0 Å². The zero-order chi connectivity index (χ0) is 17.6. The average Bonchev–Trinajstić information content (AvgIpc) is 2.89. The first-order valence-corrected chi connectivity index (χ1v) is 9.04. The van der Waals surface area contributed by atoms with Crippen LogP contribution in [0, 0.1) is 6.92 Å². The second kappa shape index (κ2) is 8.44. The summed E-state index contributed by atoms with van der Waals surface area (Å²) < 4.78 is 5.10. The van der Waals surface area contributed by atoms with Crippen molar-refractivity contribution in [1.82, 2.24) is 25.6 Å². The molecular formula is C17H27N5O3. The van der Waals surface area contributed by atoms with Gasteiger partial charge in [0.2, 0.25) is 11.8 Å². The van der Waals surface area contributed by atoms with Gasteiger partial charge in [0.15, 0.2) is 0 Å². The van der Waals surface area contributed by atoms with Crippen LogP contribution in [0.2, 0.25) is 0 Å². The van der Waals surface area contributed by atoms with Crippen LogP contribution in [0.5, 0.6) is 0 Å². The summed E-state index contributed by atoms with van der Waals surface area (Å²) in [7, 11) is 0. The Hall–Kier alpha value is -1.93. The third-order valence-corrected chi connectivity index (χ3v) is 4.77. The van der Waals surface area contributed by atoms with Crippen LogP contribution >= 0.6 is 0 Å². The Morgan fingerprint density at radius 1 is 1.32 bits per heavy atom. The summed E-state index contributed by atoms with van der Waals surface area (Å²) in [5.74, 6) is 0.703. The van der Waals surface area contributed by atoms with E-state index in [1.54, 1.807) is 0 Å². The molecule has 2 saturated heterocycles. The minimum Gasteiger partial charge on any atom is -0.361 e. The molecule has 2 N–H and O–H groups in total. The van der Waals surface area contributed by atoms with E-state index in [1.807, 2.05) is 13.0 Å². The standard InChI is InChI=1S/C17H27N5O3/c1-13-10-14(20-25-13)11-21-6-8-22(9-7-21)12-16(23)19-15-4-2-3-5-18-17(15)24/h10,15H,2-9,11-12H2,1H3,(H,18,24)(H,19,23). The normalized spacial score (nSPS) is 23.1. The van der Waals surface area contributed by atoms with Crippen LogP contribution in [0.3, 0.4) is 0 Å². The molecular weight excluding hydrogens is 322 g/mol. The fraction of sp³-hybridized carbons (Fsp3) is 0.706. The number of aryl methyl sites for hydroxylation is 1. The number of amides is 2. The second-order valence-electron chi connectivity index (χ2n) is 6.89. The van der Waals surface area contributed by atoms with Gasteiger partial charge in [0.05, 0.1) is 12.2 Å². The molecule has 0 radical (unpaired) electrons. The SMILES string of the molecule is Cc1cc(CN2CCN(CC(=O)NC3CCCCNC3=O)CC2)no1. The fourth-order valence-corrected chi connectivity index (χ4v) is 3.35. The molecule has 2 aliphatic heterocycles. The molecule has 0 saturated carbocycles. The summed E-state index contributed by atoms with van der Waals surface area (Å²) in [6.07, 6.45) is 2.66. The lowest BCUT2D eigenvalue weighted by Crippen LogP contribution is -2.52. The number of hydrogen-bond donors (Lipinski definition) is 2. The molecule has 2 amide bonds. The molecule has 0 spiro atoms. The molecule has 25 heavy (non-hydrogen) atoms. The monoisotopic (exact) mass is 349 g/mol. The maximum atomic E-state index is 12.2. The second-order valence-corrected chi connectivity index (χ2v) is 6.89. The lowest BCUT2D eigenvalue weighted by molar-refractivity contribution is -0.129. The van der Waals surface area contributed by atoms with E-state index >= 15 is 0 Å². The Morgan fingerprint density at radius 3 is 2.80 bits per heavy atom. The number of nitrogens with zero attached hydrogens (tertiary/aromatic N) is 3. The molecule has 138 valence electrons. The molecule has 1 atom stereocenters. The smallest absolute Gasteiger partial charge is 0.242 e. The Kier molecular flexibility index (Phi) is 6.04. The maximum Gasteiger partial charge on any atom is 0.242 e. The van der Waals surface area contributed by atoms with Crippen molar-refractivity contribution in [3.05, 3.63) is 17.5 Å². The van der Waals surface area contributed by atoms with Gasteiger partial charge in [0.25, 0.3) is 0 Å². The van der Waals surface area contributed by atoms with Crippen molar-refractivity contribution in [3.63, 3.8) is 0 Å². The molecule has 2 aliphatic rings. The lowest BCUT2D eigenvalue weighted by Gasteiger charge is -2.34. The molecule has 1 aromatic heterocycles. The van der Waals surface area contributed by atoms with E-state index in [0.717, 1.165) is 63.4 Å². The van der Waals surface area contributed by atoms with E-state index < -0.39 is 0 Å². The van der Waals surface area contributed by atoms with E-state index in [2.05, 4.69) is 25.6 Å². The lowest BCUT2D eigenvalue weighted by atomic mass is 10.1. The van der Waals surface area contributed by atoms with Crippen LogP contribution in [0.4, 0.5) is 0 Å². The van der Waals surface area contributed by atoms with Crippen LogP contribution in [0.15, 0.2) is 10.6 Å². The highest BCUT2D eigenvalue weighted by molar-refractivity contribution is 5.88. The van der Waals surface area contributed by atoms with Gasteiger partial charge in [-0.15, -0.1) is 0 Å². The minimum atomic E-state index is -0.383. The topological polar surface area (TPSA) is 90.7 Å². The molecule has 0 bridgehead atoms. The van der Waals surface area contributed by atoms with Crippen LogP contribution in [0.25, 0.3) is 0 Å². The molecule has 8 nitrogen and oxygen atoms in total. The van der Waals surface area contributed by atoms with Crippen LogP contribution in [-0.2, 0) is 16.1 Å². The number of aromatic nitrogens is 1. The van der Waals surface area contributed by atoms with Gasteiger partial charge in [-0.1, -0.05) is 5.16 Å². The van der Waals surface area contributed by atoms with E-state index in [-0.39, 0.29) is 17.9 Å². The highest BCUT2D eigenvalue weighted by Gasteiger charge is 2.24. The van der Waals surface area contributed by atoms with Crippen molar-refractivity contribution in [3.8, 4) is 0 Å². The quantitative estimate of drug-likeness (QED) is 0.771. The first kappa shape index (κ1) is 17.9. The number of carbonyl (C=O) groups is 2. The predicted molar refractivity (Wildman–Crippen MR) is 91.7 cm³/mol. The van der Waals surface area contributed by atoms with E-state index in [1.165, 1.54) is 0 Å². The summed E-state index contributed by atoms with van der Waals surface area (Å²) in [6, 6.07) is 1.57. The average molecular weight is 349 g/mol. The molecule has 1 aromatic rings. The summed E-state index contributed by atoms with van der Waals surface area (Å²) in [4.78, 5) is 28.6. The Labute approximate surface area is 147 Å². The number of nitrogens with one attached hydrogen (secondary N) is 2. The van der Waals surface area contributed by atoms with Gasteiger partial charge >= 0.3 is 0 Å². The molecule has 0 aliphatic carbocycles. The first-order chi connectivity index (χ1) is 12.1. The van der Waals surface area contributed by atoms with Gasteiger partial charge in [-0.25, -0.2) is 0 Å². The first-order valence-electron chi connectivity index (χ1n) is 9.04. The molecule has 8 heteroatoms. The van der Waals surface area contributed by atoms with Gasteiger partial charge in [0, 0.05) is 45.3 Å². The third-order valence-electron chi connectivity index (χ3n) is 4.77. The summed E-state index contributed by atoms with van der Waals surface area (Å²) in [5, 5.41) is 9.75. The highest BCUT2D eigenvalue weighted by atomic mass is 16.5. The Bertz CT molecular complexity index is 595. The van der Waals surface area contributed by atoms with Gasteiger partial charge in [0.1, 0.15) is 11.8 Å². The van der Waals surface area contributed by atoms with E-state index in [0.29, 0.717) is 13.1 Å². The largest absolute Gasteiger partial charge is 0.361 e. The highest BCUT2D eigenvalue weighted by Crippen LogP contribution is 2.09. The molecule has 3 rings (SSSR count). The van der Waals surface area contributed by atoms with Crippen molar-refractivity contribution < 1.29 is 14.1 Å². The molecule has 3 heterocycles. The molecule has 1 unspecified atom stereocenters. The van der Waals surface area contributed by atoms with Crippen molar-refractivity contribution in [2.24, 2.45) is 0 Å². The number of carbonyl (C=O) groups excluding carboxylic acids is 2. The van der Waals surface area contributed by atoms with Crippen LogP contribution in [0.1, 0.15) is 30.7 Å². The summed E-state index contributed by atoms with van der Waals surface area (Å²) in [6.45, 7) is 7.18. The molecule has 0 aromatic carbocycles. The van der Waals surface area contributed by atoms with Crippen molar-refractivity contribution in [2.45, 2.75) is 38.8 Å².